The van der Waals surface area contributed by atoms with Gasteiger partial charge < -0.3 is 9.64 Å². The maximum Gasteiger partial charge on any atom is 0.410 e. The van der Waals surface area contributed by atoms with E-state index in [0.717, 1.165) is 29.1 Å². The van der Waals surface area contributed by atoms with Gasteiger partial charge in [-0.25, -0.2) is 4.79 Å². The van der Waals surface area contributed by atoms with Crippen LogP contribution < -0.4 is 0 Å². The molecule has 5 heteroatoms. The van der Waals surface area contributed by atoms with Gasteiger partial charge in [0.15, 0.2) is 0 Å². The van der Waals surface area contributed by atoms with Gasteiger partial charge in [0.1, 0.15) is 6.61 Å². The fraction of sp³-hybridized carbons (Fsp3) is 0.300. The fourth-order valence-corrected chi connectivity index (χ4v) is 3.75. The van der Waals surface area contributed by atoms with Crippen LogP contribution in [0.3, 0.4) is 0 Å². The van der Waals surface area contributed by atoms with Crippen LogP contribution in [0.2, 0.25) is 5.02 Å². The zero-order chi connectivity index (χ0) is 17.3. The summed E-state index contributed by atoms with van der Waals surface area (Å²) in [6.07, 6.45) is 3.45. The highest BCUT2D eigenvalue weighted by molar-refractivity contribution is 6.30. The molecule has 2 aromatic carbocycles. The first kappa shape index (κ1) is 16.2. The molecule has 0 radical (unpaired) electrons. The molecule has 2 aromatic rings. The lowest BCUT2D eigenvalue weighted by Gasteiger charge is -2.37. The zero-order valence-electron chi connectivity index (χ0n) is 13.8. The Kier molecular flexibility index (Phi) is 4.22. The molecule has 0 N–H and O–H groups in total. The van der Waals surface area contributed by atoms with Crippen LogP contribution in [-0.2, 0) is 16.8 Å². The number of piperidine rings is 1. The predicted molar refractivity (Wildman–Crippen MR) is 98.7 cm³/mol. The Morgan fingerprint density at radius 2 is 1.92 bits per heavy atom. The molecule has 1 saturated heterocycles. The smallest absolute Gasteiger partial charge is 0.410 e. The molecule has 0 atom stereocenters. The van der Waals surface area contributed by atoms with E-state index in [4.69, 9.17) is 16.3 Å². The van der Waals surface area contributed by atoms with Crippen LogP contribution in [0.4, 0.5) is 10.5 Å². The monoisotopic (exact) mass is 354 g/mol. The van der Waals surface area contributed by atoms with Crippen molar-refractivity contribution in [2.75, 3.05) is 13.1 Å². The Balaban J connectivity index is 1.38. The van der Waals surface area contributed by atoms with E-state index in [1.54, 1.807) is 4.90 Å². The molecule has 128 valence electrons. The number of aliphatic imine (C=N–C) groups is 1. The summed E-state index contributed by atoms with van der Waals surface area (Å²) in [7, 11) is 0. The van der Waals surface area contributed by atoms with Gasteiger partial charge in [-0.15, -0.1) is 0 Å². The van der Waals surface area contributed by atoms with E-state index in [9.17, 15) is 4.79 Å². The number of benzene rings is 2. The molecule has 4 nitrogen and oxygen atoms in total. The molecule has 1 fully saturated rings. The highest BCUT2D eigenvalue weighted by Gasteiger charge is 2.40. The third-order valence-corrected chi connectivity index (χ3v) is 5.30. The summed E-state index contributed by atoms with van der Waals surface area (Å²) in [5.74, 6) is 0. The van der Waals surface area contributed by atoms with Gasteiger partial charge in [-0.05, 0) is 42.2 Å². The predicted octanol–water partition coefficient (Wildman–Crippen LogP) is 4.73. The normalized spacial score (nSPS) is 17.6. The first-order valence-corrected chi connectivity index (χ1v) is 8.85. The van der Waals surface area contributed by atoms with Crippen LogP contribution in [0, 0.1) is 0 Å². The minimum Gasteiger partial charge on any atom is -0.445 e. The SMILES string of the molecule is O=C(OCc1ccccc1)N1CCC2(C=Nc3ccc(Cl)cc32)CC1. The molecule has 25 heavy (non-hydrogen) atoms. The Labute approximate surface area is 152 Å². The number of hydrogen-bond donors (Lipinski definition) is 0. The van der Waals surface area contributed by atoms with Crippen LogP contribution in [0.25, 0.3) is 0 Å². The van der Waals surface area contributed by atoms with Crippen LogP contribution in [-0.4, -0.2) is 30.3 Å². The molecular formula is C20H19ClN2O2. The minimum atomic E-state index is -0.250. The number of hydrogen-bond acceptors (Lipinski definition) is 3. The van der Waals surface area contributed by atoms with Crippen molar-refractivity contribution in [3.63, 3.8) is 0 Å². The Morgan fingerprint density at radius 3 is 2.68 bits per heavy atom. The molecule has 0 aliphatic carbocycles. The average Bonchev–Trinajstić information content (AvgIpc) is 2.99. The van der Waals surface area contributed by atoms with E-state index < -0.39 is 0 Å². The number of ether oxygens (including phenoxy) is 1. The maximum atomic E-state index is 12.3. The molecule has 4 rings (SSSR count). The van der Waals surface area contributed by atoms with Crippen molar-refractivity contribution in [2.45, 2.75) is 24.9 Å². The minimum absolute atomic E-state index is 0.101. The van der Waals surface area contributed by atoms with Crippen molar-refractivity contribution in [3.8, 4) is 0 Å². The standard InChI is InChI=1S/C20H19ClN2O2/c21-16-6-7-18-17(12-16)20(14-22-18)8-10-23(11-9-20)19(24)25-13-15-4-2-1-3-5-15/h1-7,12,14H,8-11,13H2. The number of likely N-dealkylation sites (tertiary alicyclic amines) is 1. The average molecular weight is 355 g/mol. The van der Waals surface area contributed by atoms with Gasteiger partial charge in [0.2, 0.25) is 0 Å². The molecule has 0 saturated carbocycles. The van der Waals surface area contributed by atoms with E-state index in [1.165, 1.54) is 5.56 Å². The highest BCUT2D eigenvalue weighted by Crippen LogP contribution is 2.44. The van der Waals surface area contributed by atoms with Crippen molar-refractivity contribution in [3.05, 3.63) is 64.7 Å². The highest BCUT2D eigenvalue weighted by atomic mass is 35.5. The zero-order valence-corrected chi connectivity index (χ0v) is 14.6. The topological polar surface area (TPSA) is 41.9 Å². The largest absolute Gasteiger partial charge is 0.445 e. The molecule has 1 amide bonds. The van der Waals surface area contributed by atoms with Crippen LogP contribution in [0.1, 0.15) is 24.0 Å². The number of carbonyl (C=O) groups excluding carboxylic acids is 1. The number of nitrogens with zero attached hydrogens (tertiary/aromatic N) is 2. The lowest BCUT2D eigenvalue weighted by Crippen LogP contribution is -2.45. The number of amides is 1. The summed E-state index contributed by atoms with van der Waals surface area (Å²) in [5.41, 5.74) is 3.06. The molecule has 2 aliphatic rings. The van der Waals surface area contributed by atoms with Crippen molar-refractivity contribution in [1.29, 1.82) is 0 Å². The third kappa shape index (κ3) is 3.14. The van der Waals surface area contributed by atoms with Crippen LogP contribution in [0.5, 0.6) is 0 Å². The Bertz CT molecular complexity index is 812. The van der Waals surface area contributed by atoms with E-state index in [2.05, 4.69) is 4.99 Å². The van der Waals surface area contributed by atoms with Crippen molar-refractivity contribution < 1.29 is 9.53 Å². The lowest BCUT2D eigenvalue weighted by atomic mass is 9.74. The van der Waals surface area contributed by atoms with E-state index in [1.807, 2.05) is 54.7 Å². The summed E-state index contributed by atoms with van der Waals surface area (Å²) in [4.78, 5) is 18.7. The van der Waals surface area contributed by atoms with Gasteiger partial charge in [0, 0.05) is 29.7 Å². The molecule has 2 aliphatic heterocycles. The van der Waals surface area contributed by atoms with Gasteiger partial charge in [0.05, 0.1) is 5.69 Å². The quantitative estimate of drug-likeness (QED) is 0.782. The molecule has 1 spiro atoms. The summed E-state index contributed by atoms with van der Waals surface area (Å²) >= 11 is 6.16. The molecular weight excluding hydrogens is 336 g/mol. The van der Waals surface area contributed by atoms with Gasteiger partial charge in [-0.1, -0.05) is 41.9 Å². The Morgan fingerprint density at radius 1 is 1.16 bits per heavy atom. The van der Waals surface area contributed by atoms with E-state index in [0.29, 0.717) is 19.7 Å². The van der Waals surface area contributed by atoms with Gasteiger partial charge >= 0.3 is 6.09 Å². The number of halogens is 1. The first-order valence-electron chi connectivity index (χ1n) is 8.47. The van der Waals surface area contributed by atoms with E-state index in [-0.39, 0.29) is 11.5 Å². The van der Waals surface area contributed by atoms with Crippen LogP contribution in [0.15, 0.2) is 53.5 Å². The van der Waals surface area contributed by atoms with Gasteiger partial charge in [-0.3, -0.25) is 4.99 Å². The summed E-state index contributed by atoms with van der Waals surface area (Å²) in [6, 6.07) is 15.6. The number of carbonyl (C=O) groups is 1. The molecule has 2 heterocycles. The second kappa shape index (κ2) is 6.52. The first-order chi connectivity index (χ1) is 12.2. The molecule has 0 unspecified atom stereocenters. The van der Waals surface area contributed by atoms with Gasteiger partial charge in [-0.2, -0.15) is 0 Å². The summed E-state index contributed by atoms with van der Waals surface area (Å²) in [6.45, 7) is 1.62. The van der Waals surface area contributed by atoms with Crippen molar-refractivity contribution in [1.82, 2.24) is 4.90 Å². The van der Waals surface area contributed by atoms with Crippen molar-refractivity contribution in [2.24, 2.45) is 4.99 Å². The fourth-order valence-electron chi connectivity index (χ4n) is 3.58. The van der Waals surface area contributed by atoms with Crippen LogP contribution >= 0.6 is 11.6 Å². The Hall–Kier alpha value is -2.33. The molecule has 0 bridgehead atoms. The second-order valence-corrected chi connectivity index (χ2v) is 7.04. The lowest BCUT2D eigenvalue weighted by molar-refractivity contribution is 0.0841. The molecule has 0 aromatic heterocycles. The second-order valence-electron chi connectivity index (χ2n) is 6.60. The van der Waals surface area contributed by atoms with E-state index >= 15 is 0 Å². The van der Waals surface area contributed by atoms with Gasteiger partial charge in [0.25, 0.3) is 0 Å². The number of fused-ring (bicyclic) bond motifs is 2. The third-order valence-electron chi connectivity index (χ3n) is 5.06. The maximum absolute atomic E-state index is 12.3. The summed E-state index contributed by atoms with van der Waals surface area (Å²) < 4.78 is 5.44. The van der Waals surface area contributed by atoms with Crippen molar-refractivity contribution >= 4 is 29.6 Å². The number of rotatable bonds is 2. The summed E-state index contributed by atoms with van der Waals surface area (Å²) in [5, 5.41) is 0.730.